The minimum absolute atomic E-state index is 0.111. The lowest BCUT2D eigenvalue weighted by atomic mass is 10.2. The number of hydrogen-bond donors (Lipinski definition) is 2. The first-order valence-electron chi connectivity index (χ1n) is 6.17. The van der Waals surface area contributed by atoms with E-state index in [1.54, 1.807) is 26.8 Å². The largest absolute Gasteiger partial charge is 0.480 e. The van der Waals surface area contributed by atoms with Crippen LogP contribution in [-0.4, -0.2) is 42.0 Å². The fraction of sp³-hybridized carbons (Fsp3) is 0.692. The molecule has 1 atom stereocenters. The second kappa shape index (κ2) is 8.53. The van der Waals surface area contributed by atoms with Crippen molar-refractivity contribution in [2.45, 2.75) is 45.3 Å². The molecule has 0 aromatic heterocycles. The van der Waals surface area contributed by atoms with E-state index in [9.17, 15) is 9.59 Å². The van der Waals surface area contributed by atoms with E-state index in [4.69, 9.17) is 14.6 Å². The van der Waals surface area contributed by atoms with E-state index in [-0.39, 0.29) is 13.2 Å². The van der Waals surface area contributed by atoms with Gasteiger partial charge in [-0.2, -0.15) is 0 Å². The number of carbonyl (C=O) groups is 2. The molecule has 0 saturated carbocycles. The van der Waals surface area contributed by atoms with Gasteiger partial charge in [0.1, 0.15) is 0 Å². The molecule has 6 nitrogen and oxygen atoms in total. The maximum atomic E-state index is 11.4. The highest BCUT2D eigenvalue weighted by molar-refractivity contribution is 5.79. The monoisotopic (exact) mass is 273 g/mol. The average molecular weight is 273 g/mol. The molecule has 0 bridgehead atoms. The zero-order valence-electron chi connectivity index (χ0n) is 11.8. The van der Waals surface area contributed by atoms with Gasteiger partial charge in [0.05, 0.1) is 18.8 Å². The van der Waals surface area contributed by atoms with Crippen LogP contribution >= 0.6 is 0 Å². The van der Waals surface area contributed by atoms with Crippen LogP contribution in [0.3, 0.4) is 0 Å². The molecule has 0 spiro atoms. The minimum atomic E-state index is -1.16. The summed E-state index contributed by atoms with van der Waals surface area (Å²) in [6.45, 7) is 9.08. The third-order valence-corrected chi connectivity index (χ3v) is 2.06. The van der Waals surface area contributed by atoms with Gasteiger partial charge in [-0.25, -0.2) is 9.59 Å². The predicted octanol–water partition coefficient (Wildman–Crippen LogP) is 1.95. The van der Waals surface area contributed by atoms with Crippen molar-refractivity contribution in [3.63, 3.8) is 0 Å². The lowest BCUT2D eigenvalue weighted by Gasteiger charge is -2.22. The Morgan fingerprint density at radius 3 is 2.53 bits per heavy atom. The van der Waals surface area contributed by atoms with E-state index in [1.807, 2.05) is 0 Å². The Bertz CT molecular complexity index is 309. The Hall–Kier alpha value is -1.56. The number of aliphatic carboxylic acids is 1. The van der Waals surface area contributed by atoms with Crippen molar-refractivity contribution in [2.75, 3.05) is 13.2 Å². The van der Waals surface area contributed by atoms with Crippen LogP contribution in [-0.2, 0) is 14.3 Å². The van der Waals surface area contributed by atoms with Gasteiger partial charge in [0.15, 0.2) is 6.04 Å². The van der Waals surface area contributed by atoms with Gasteiger partial charge in [-0.15, -0.1) is 6.58 Å². The maximum absolute atomic E-state index is 11.4. The Balaban J connectivity index is 4.09. The summed E-state index contributed by atoms with van der Waals surface area (Å²) >= 11 is 0. The highest BCUT2D eigenvalue weighted by atomic mass is 16.5. The summed E-state index contributed by atoms with van der Waals surface area (Å²) in [6.07, 6.45) is 2.36. The zero-order valence-corrected chi connectivity index (χ0v) is 11.8. The first kappa shape index (κ1) is 17.4. The van der Waals surface area contributed by atoms with Crippen LogP contribution in [0.5, 0.6) is 0 Å². The Morgan fingerprint density at radius 1 is 1.42 bits per heavy atom. The van der Waals surface area contributed by atoms with E-state index in [1.165, 1.54) is 0 Å². The van der Waals surface area contributed by atoms with Crippen LogP contribution in [0.2, 0.25) is 0 Å². The smallest absolute Gasteiger partial charge is 0.407 e. The molecule has 19 heavy (non-hydrogen) atoms. The normalized spacial score (nSPS) is 12.6. The fourth-order valence-corrected chi connectivity index (χ4v) is 1.08. The molecule has 0 aliphatic heterocycles. The fourth-order valence-electron chi connectivity index (χ4n) is 1.08. The van der Waals surface area contributed by atoms with Crippen LogP contribution in [0.25, 0.3) is 0 Å². The molecule has 0 aliphatic carbocycles. The number of hydrogen-bond acceptors (Lipinski definition) is 4. The van der Waals surface area contributed by atoms with E-state index in [0.29, 0.717) is 6.42 Å². The number of carboxylic acid groups (broad SMARTS) is 1. The molecule has 0 aliphatic rings. The average Bonchev–Trinajstić information content (AvgIpc) is 2.28. The molecule has 0 heterocycles. The summed E-state index contributed by atoms with van der Waals surface area (Å²) in [5.74, 6) is -1.16. The van der Waals surface area contributed by atoms with Gasteiger partial charge in [0.25, 0.3) is 0 Å². The molecular weight excluding hydrogens is 250 g/mol. The van der Waals surface area contributed by atoms with Crippen molar-refractivity contribution in [1.29, 1.82) is 0 Å². The van der Waals surface area contributed by atoms with Gasteiger partial charge >= 0.3 is 12.1 Å². The van der Waals surface area contributed by atoms with Crippen LogP contribution in [0, 0.1) is 0 Å². The molecule has 0 rings (SSSR count). The van der Waals surface area contributed by atoms with Crippen molar-refractivity contribution in [3.05, 3.63) is 12.7 Å². The standard InChI is InChI=1S/C13H23NO5/c1-5-6-7-8-18-12(17)14-10(11(15)16)9-19-13(2,3)4/h5,10H,1,6-9H2,2-4H3,(H,14,17)(H,15,16)/t10-/m0/s1. The summed E-state index contributed by atoms with van der Waals surface area (Å²) in [5, 5.41) is 11.2. The molecule has 0 unspecified atom stereocenters. The Labute approximate surface area is 113 Å². The van der Waals surface area contributed by atoms with E-state index < -0.39 is 23.7 Å². The number of ether oxygens (including phenoxy) is 2. The Kier molecular flexibility index (Phi) is 7.83. The van der Waals surface area contributed by atoms with Crippen molar-refractivity contribution in [3.8, 4) is 0 Å². The van der Waals surface area contributed by atoms with Crippen LogP contribution < -0.4 is 5.32 Å². The zero-order chi connectivity index (χ0) is 14.9. The first-order chi connectivity index (χ1) is 8.76. The second-order valence-corrected chi connectivity index (χ2v) is 5.03. The number of nitrogens with one attached hydrogen (secondary N) is 1. The van der Waals surface area contributed by atoms with E-state index in [0.717, 1.165) is 6.42 Å². The third kappa shape index (κ3) is 10.1. The predicted molar refractivity (Wildman–Crippen MR) is 71.0 cm³/mol. The molecule has 6 heteroatoms. The second-order valence-electron chi connectivity index (χ2n) is 5.03. The van der Waals surface area contributed by atoms with Gasteiger partial charge in [-0.05, 0) is 33.6 Å². The maximum Gasteiger partial charge on any atom is 0.407 e. The highest BCUT2D eigenvalue weighted by Gasteiger charge is 2.23. The molecule has 0 fully saturated rings. The van der Waals surface area contributed by atoms with Crippen LogP contribution in [0.1, 0.15) is 33.6 Å². The van der Waals surface area contributed by atoms with Gasteiger partial charge in [-0.1, -0.05) is 6.08 Å². The van der Waals surface area contributed by atoms with Crippen molar-refractivity contribution >= 4 is 12.1 Å². The molecule has 2 N–H and O–H groups in total. The molecule has 0 aromatic carbocycles. The molecular formula is C13H23NO5. The third-order valence-electron chi connectivity index (χ3n) is 2.06. The minimum Gasteiger partial charge on any atom is -0.480 e. The van der Waals surface area contributed by atoms with Crippen LogP contribution in [0.15, 0.2) is 12.7 Å². The number of carboxylic acids is 1. The summed E-state index contributed by atoms with van der Waals surface area (Å²) in [5.41, 5.74) is -0.469. The number of rotatable bonds is 8. The molecule has 0 aromatic rings. The van der Waals surface area contributed by atoms with Crippen molar-refractivity contribution < 1.29 is 24.2 Å². The van der Waals surface area contributed by atoms with E-state index >= 15 is 0 Å². The SMILES string of the molecule is C=CCCCOC(=O)N[C@@H](COC(C)(C)C)C(=O)O. The van der Waals surface area contributed by atoms with Gasteiger partial charge in [-0.3, -0.25) is 0 Å². The lowest BCUT2D eigenvalue weighted by molar-refractivity contribution is -0.142. The summed E-state index contributed by atoms with van der Waals surface area (Å²) in [6, 6.07) is -1.12. The van der Waals surface area contributed by atoms with E-state index in [2.05, 4.69) is 11.9 Å². The number of amides is 1. The van der Waals surface area contributed by atoms with Gasteiger partial charge in [0.2, 0.25) is 0 Å². The number of unbranched alkanes of at least 4 members (excludes halogenated alkanes) is 1. The van der Waals surface area contributed by atoms with Crippen LogP contribution in [0.4, 0.5) is 4.79 Å². The summed E-state index contributed by atoms with van der Waals surface area (Å²) < 4.78 is 10.2. The molecule has 1 amide bonds. The van der Waals surface area contributed by atoms with Gasteiger partial charge < -0.3 is 19.9 Å². The van der Waals surface area contributed by atoms with Gasteiger partial charge in [0, 0.05) is 0 Å². The first-order valence-corrected chi connectivity index (χ1v) is 6.17. The molecule has 0 radical (unpaired) electrons. The summed E-state index contributed by atoms with van der Waals surface area (Å²) in [4.78, 5) is 22.3. The molecule has 0 saturated heterocycles. The number of allylic oxidation sites excluding steroid dienone is 1. The summed E-state index contributed by atoms with van der Waals surface area (Å²) in [7, 11) is 0. The Morgan fingerprint density at radius 2 is 2.05 bits per heavy atom. The van der Waals surface area contributed by atoms with Crippen molar-refractivity contribution in [1.82, 2.24) is 5.32 Å². The number of carbonyl (C=O) groups excluding carboxylic acids is 1. The quantitative estimate of drug-likeness (QED) is 0.521. The number of alkyl carbamates (subject to hydrolysis) is 1. The lowest BCUT2D eigenvalue weighted by Crippen LogP contribution is -2.45. The molecule has 110 valence electrons. The highest BCUT2D eigenvalue weighted by Crippen LogP contribution is 2.07. The van der Waals surface area contributed by atoms with Crippen molar-refractivity contribution in [2.24, 2.45) is 0 Å². The topological polar surface area (TPSA) is 84.9 Å².